The summed E-state index contributed by atoms with van der Waals surface area (Å²) in [5.74, 6) is 0.414. The van der Waals surface area contributed by atoms with Gasteiger partial charge < -0.3 is 21.3 Å². The van der Waals surface area contributed by atoms with Gasteiger partial charge in [0.15, 0.2) is 5.96 Å². The molecular formula is C20H32FN5O. The molecule has 0 aromatic heterocycles. The highest BCUT2D eigenvalue weighted by Crippen LogP contribution is 2.16. The number of nitrogens with zero attached hydrogens (tertiary/aromatic N) is 2. The lowest BCUT2D eigenvalue weighted by atomic mass is 9.96. The van der Waals surface area contributed by atoms with E-state index in [1.807, 2.05) is 13.0 Å². The highest BCUT2D eigenvalue weighted by Gasteiger charge is 2.22. The van der Waals surface area contributed by atoms with Gasteiger partial charge in [-0.3, -0.25) is 4.79 Å². The van der Waals surface area contributed by atoms with E-state index in [0.29, 0.717) is 6.54 Å². The minimum Gasteiger partial charge on any atom is -0.369 e. The molecule has 1 aliphatic rings. The number of piperidine rings is 1. The summed E-state index contributed by atoms with van der Waals surface area (Å²) >= 11 is 0. The Kier molecular flexibility index (Phi) is 9.04. The first-order valence-electron chi connectivity index (χ1n) is 9.86. The Bertz CT molecular complexity index is 614. The zero-order valence-electron chi connectivity index (χ0n) is 16.2. The molecule has 7 heteroatoms. The number of hydrogen-bond donors (Lipinski definition) is 3. The average Bonchev–Trinajstić information content (AvgIpc) is 2.66. The van der Waals surface area contributed by atoms with Crippen molar-refractivity contribution in [2.75, 3.05) is 32.7 Å². The fraction of sp³-hybridized carbons (Fsp3) is 0.600. The van der Waals surface area contributed by atoms with Crippen LogP contribution >= 0.6 is 0 Å². The normalized spacial score (nSPS) is 16.3. The first-order valence-corrected chi connectivity index (χ1v) is 9.86. The maximum atomic E-state index is 13.2. The van der Waals surface area contributed by atoms with Crippen molar-refractivity contribution in [3.05, 3.63) is 35.6 Å². The number of likely N-dealkylation sites (tertiary alicyclic amines) is 1. The number of unbranched alkanes of at least 4 members (excludes halogenated alkanes) is 1. The molecule has 27 heavy (non-hydrogen) atoms. The van der Waals surface area contributed by atoms with Crippen LogP contribution in [-0.2, 0) is 11.3 Å². The van der Waals surface area contributed by atoms with Crippen LogP contribution < -0.4 is 16.4 Å². The number of aliphatic imine (C=N–C) groups is 1. The number of benzene rings is 1. The van der Waals surface area contributed by atoms with Crippen molar-refractivity contribution in [1.29, 1.82) is 0 Å². The molecule has 1 aromatic rings. The Morgan fingerprint density at radius 3 is 2.74 bits per heavy atom. The predicted octanol–water partition coefficient (Wildman–Crippen LogP) is 1.86. The van der Waals surface area contributed by atoms with Crippen molar-refractivity contribution in [3.63, 3.8) is 0 Å². The van der Waals surface area contributed by atoms with E-state index in [1.54, 1.807) is 6.07 Å². The monoisotopic (exact) mass is 377 g/mol. The minimum atomic E-state index is -0.236. The summed E-state index contributed by atoms with van der Waals surface area (Å²) in [5, 5.41) is 6.54. The lowest BCUT2D eigenvalue weighted by Crippen LogP contribution is -2.39. The molecule has 1 saturated heterocycles. The number of carbonyl (C=O) groups is 1. The number of halogens is 1. The standard InChI is InChI=1S/C20H32FN5O/c1-2-23-20(25-15-16-6-5-7-18(21)14-16)24-10-3-4-11-26-12-8-17(9-13-26)19(22)27/h5-7,14,17H,2-4,8-13,15H2,1H3,(H2,22,27)(H2,23,24,25). The van der Waals surface area contributed by atoms with E-state index in [-0.39, 0.29) is 17.6 Å². The molecule has 4 N–H and O–H groups in total. The zero-order chi connectivity index (χ0) is 19.5. The number of amides is 1. The summed E-state index contributed by atoms with van der Waals surface area (Å²) < 4.78 is 13.2. The van der Waals surface area contributed by atoms with Crippen molar-refractivity contribution >= 4 is 11.9 Å². The van der Waals surface area contributed by atoms with Crippen LogP contribution in [0.15, 0.2) is 29.3 Å². The van der Waals surface area contributed by atoms with Crippen LogP contribution in [-0.4, -0.2) is 49.5 Å². The molecule has 1 aliphatic heterocycles. The van der Waals surface area contributed by atoms with Crippen molar-refractivity contribution in [2.45, 2.75) is 39.2 Å². The van der Waals surface area contributed by atoms with Gasteiger partial charge in [-0.05, 0) is 69.9 Å². The van der Waals surface area contributed by atoms with E-state index < -0.39 is 0 Å². The Labute approximate surface area is 161 Å². The Balaban J connectivity index is 1.64. The maximum Gasteiger partial charge on any atom is 0.220 e. The molecule has 150 valence electrons. The van der Waals surface area contributed by atoms with Gasteiger partial charge >= 0.3 is 0 Å². The average molecular weight is 378 g/mol. The van der Waals surface area contributed by atoms with Gasteiger partial charge in [-0.1, -0.05) is 12.1 Å². The van der Waals surface area contributed by atoms with Crippen LogP contribution in [0.2, 0.25) is 0 Å². The van der Waals surface area contributed by atoms with Gasteiger partial charge in [0.25, 0.3) is 0 Å². The van der Waals surface area contributed by atoms with Gasteiger partial charge in [-0.25, -0.2) is 9.38 Å². The van der Waals surface area contributed by atoms with Gasteiger partial charge in [0, 0.05) is 19.0 Å². The van der Waals surface area contributed by atoms with Crippen LogP contribution in [0.3, 0.4) is 0 Å². The third kappa shape index (κ3) is 7.95. The fourth-order valence-electron chi connectivity index (χ4n) is 3.26. The van der Waals surface area contributed by atoms with Gasteiger partial charge in [0.1, 0.15) is 5.82 Å². The van der Waals surface area contributed by atoms with Crippen molar-refractivity contribution in [1.82, 2.24) is 15.5 Å². The van der Waals surface area contributed by atoms with Crippen LogP contribution in [0, 0.1) is 11.7 Å². The van der Waals surface area contributed by atoms with Crippen LogP contribution in [0.25, 0.3) is 0 Å². The smallest absolute Gasteiger partial charge is 0.220 e. The van der Waals surface area contributed by atoms with Gasteiger partial charge in [0.2, 0.25) is 5.91 Å². The third-order valence-electron chi connectivity index (χ3n) is 4.84. The Morgan fingerprint density at radius 1 is 1.30 bits per heavy atom. The van der Waals surface area contributed by atoms with Crippen molar-refractivity contribution < 1.29 is 9.18 Å². The lowest BCUT2D eigenvalue weighted by molar-refractivity contribution is -0.123. The molecule has 0 aliphatic carbocycles. The summed E-state index contributed by atoms with van der Waals surface area (Å²) in [7, 11) is 0. The molecular weight excluding hydrogens is 345 g/mol. The molecule has 0 bridgehead atoms. The molecule has 0 spiro atoms. The highest BCUT2D eigenvalue weighted by molar-refractivity contribution is 5.79. The molecule has 1 heterocycles. The second kappa shape index (κ2) is 11.5. The van der Waals surface area contributed by atoms with E-state index >= 15 is 0 Å². The molecule has 0 atom stereocenters. The molecule has 1 fully saturated rings. The topological polar surface area (TPSA) is 82.8 Å². The number of nitrogens with two attached hydrogens (primary N) is 1. The number of carbonyl (C=O) groups excluding carboxylic acids is 1. The molecule has 0 radical (unpaired) electrons. The van der Waals surface area contributed by atoms with E-state index in [1.165, 1.54) is 12.1 Å². The number of guanidine groups is 1. The minimum absolute atomic E-state index is 0.0555. The van der Waals surface area contributed by atoms with Crippen LogP contribution in [0.1, 0.15) is 38.2 Å². The molecule has 6 nitrogen and oxygen atoms in total. The summed E-state index contributed by atoms with van der Waals surface area (Å²) in [4.78, 5) is 18.1. The van der Waals surface area contributed by atoms with Gasteiger partial charge in [-0.15, -0.1) is 0 Å². The maximum absolute atomic E-state index is 13.2. The van der Waals surface area contributed by atoms with E-state index in [2.05, 4.69) is 20.5 Å². The Morgan fingerprint density at radius 2 is 2.07 bits per heavy atom. The quantitative estimate of drug-likeness (QED) is 0.348. The molecule has 0 unspecified atom stereocenters. The lowest BCUT2D eigenvalue weighted by Gasteiger charge is -2.30. The number of nitrogens with one attached hydrogen (secondary N) is 2. The zero-order valence-corrected chi connectivity index (χ0v) is 16.2. The highest BCUT2D eigenvalue weighted by atomic mass is 19.1. The van der Waals surface area contributed by atoms with Crippen LogP contribution in [0.4, 0.5) is 4.39 Å². The van der Waals surface area contributed by atoms with E-state index in [4.69, 9.17) is 5.73 Å². The summed E-state index contributed by atoms with van der Waals surface area (Å²) in [5.41, 5.74) is 6.23. The second-order valence-corrected chi connectivity index (χ2v) is 6.98. The predicted molar refractivity (Wildman–Crippen MR) is 107 cm³/mol. The van der Waals surface area contributed by atoms with E-state index in [0.717, 1.165) is 69.9 Å². The molecule has 0 saturated carbocycles. The third-order valence-corrected chi connectivity index (χ3v) is 4.84. The summed E-state index contributed by atoms with van der Waals surface area (Å²) in [6, 6.07) is 6.52. The first-order chi connectivity index (χ1) is 13.1. The first kappa shape index (κ1) is 21.2. The fourth-order valence-corrected chi connectivity index (χ4v) is 3.26. The van der Waals surface area contributed by atoms with Crippen LogP contribution in [0.5, 0.6) is 0 Å². The molecule has 2 rings (SSSR count). The molecule has 1 amide bonds. The van der Waals surface area contributed by atoms with Crippen molar-refractivity contribution in [2.24, 2.45) is 16.6 Å². The van der Waals surface area contributed by atoms with Gasteiger partial charge in [-0.2, -0.15) is 0 Å². The number of rotatable bonds is 9. The Hall–Kier alpha value is -2.15. The van der Waals surface area contributed by atoms with Crippen molar-refractivity contribution in [3.8, 4) is 0 Å². The number of hydrogen-bond acceptors (Lipinski definition) is 3. The summed E-state index contributed by atoms with van der Waals surface area (Å²) in [6.07, 6.45) is 3.90. The second-order valence-electron chi connectivity index (χ2n) is 6.98. The van der Waals surface area contributed by atoms with Gasteiger partial charge in [0.05, 0.1) is 6.54 Å². The summed E-state index contributed by atoms with van der Waals surface area (Å²) in [6.45, 7) is 7.05. The SMILES string of the molecule is CCNC(=NCc1cccc(F)c1)NCCCCN1CCC(C(N)=O)CC1. The largest absolute Gasteiger partial charge is 0.369 e. The molecule has 1 aromatic carbocycles. The number of primary amides is 1. The van der Waals surface area contributed by atoms with E-state index in [9.17, 15) is 9.18 Å².